The number of nitrogens with one attached hydrogen (secondary N) is 1. The van der Waals surface area contributed by atoms with Crippen molar-refractivity contribution in [2.45, 2.75) is 109 Å². The Kier molecular flexibility index (Phi) is 6.75. The number of likely N-dealkylation sites (tertiary alicyclic amines) is 1. The summed E-state index contributed by atoms with van der Waals surface area (Å²) in [6, 6.07) is 4.84. The lowest BCUT2D eigenvalue weighted by molar-refractivity contribution is -0.128. The predicted octanol–water partition coefficient (Wildman–Crippen LogP) is 3.39. The molecule has 190 valence electrons. The number of hydrogen-bond donors (Lipinski definition) is 1. The van der Waals surface area contributed by atoms with Crippen LogP contribution < -0.4 is 10.1 Å². The third kappa shape index (κ3) is 5.23. The maximum absolute atomic E-state index is 13.3. The molecule has 2 aliphatic heterocycles. The summed E-state index contributed by atoms with van der Waals surface area (Å²) in [4.78, 5) is 28.7. The van der Waals surface area contributed by atoms with E-state index in [-0.39, 0.29) is 17.9 Å². The first-order valence-corrected chi connectivity index (χ1v) is 13.2. The second-order valence-electron chi connectivity index (χ2n) is 11.8. The van der Waals surface area contributed by atoms with Crippen LogP contribution in [0.5, 0.6) is 0 Å². The number of fused-ring (bicyclic) bond motifs is 2. The minimum absolute atomic E-state index is 0.0194. The van der Waals surface area contributed by atoms with Crippen molar-refractivity contribution in [2.24, 2.45) is 5.92 Å². The van der Waals surface area contributed by atoms with Crippen molar-refractivity contribution in [1.82, 2.24) is 10.2 Å². The Morgan fingerprint density at radius 3 is 2.51 bits per heavy atom. The van der Waals surface area contributed by atoms with E-state index in [1.54, 1.807) is 4.90 Å². The molecule has 1 aromatic rings. The van der Waals surface area contributed by atoms with E-state index >= 15 is 0 Å². The maximum atomic E-state index is 13.3. The number of carbonyl (C=O) groups excluding carboxylic acids is 2. The number of carbonyl (C=O) groups is 2. The largest absolute Gasteiger partial charge is 0.505 e. The third-order valence-electron chi connectivity index (χ3n) is 7.50. The molecular weight excluding hydrogens is 465 g/mol. The van der Waals surface area contributed by atoms with Gasteiger partial charge in [-0.1, -0.05) is 6.07 Å². The zero-order valence-electron chi connectivity index (χ0n) is 21.7. The van der Waals surface area contributed by atoms with Crippen LogP contribution in [0.25, 0.3) is 0 Å². The monoisotopic (exact) mass is 501 g/mol. The van der Waals surface area contributed by atoms with Crippen LogP contribution in [0.1, 0.15) is 72.6 Å². The summed E-state index contributed by atoms with van der Waals surface area (Å²) < 4.78 is 18.8. The zero-order valence-corrected chi connectivity index (χ0v) is 22.5. The van der Waals surface area contributed by atoms with Gasteiger partial charge in [0.05, 0.1) is 17.3 Å². The van der Waals surface area contributed by atoms with Gasteiger partial charge in [0.15, 0.2) is 0 Å². The highest BCUT2D eigenvalue weighted by Crippen LogP contribution is 2.43. The van der Waals surface area contributed by atoms with Gasteiger partial charge in [0, 0.05) is 22.1 Å². The van der Waals surface area contributed by atoms with Gasteiger partial charge in [-0.25, -0.2) is 4.79 Å². The molecule has 4 rings (SSSR count). The molecule has 10 heteroatoms. The van der Waals surface area contributed by atoms with E-state index in [9.17, 15) is 14.9 Å². The third-order valence-corrected chi connectivity index (χ3v) is 8.63. The topological polar surface area (TPSA) is 101 Å². The van der Waals surface area contributed by atoms with Crippen molar-refractivity contribution in [3.8, 4) is 6.07 Å². The summed E-state index contributed by atoms with van der Waals surface area (Å²) in [6.45, 7) is 13.5. The van der Waals surface area contributed by atoms with Crippen LogP contribution in [0.3, 0.4) is 0 Å². The molecule has 1 saturated carbocycles. The lowest BCUT2D eigenvalue weighted by atomic mass is 9.88. The number of rotatable bonds is 5. The molecule has 0 radical (unpaired) electrons. The molecule has 0 unspecified atom stereocenters. The van der Waals surface area contributed by atoms with Gasteiger partial charge in [0.1, 0.15) is 17.7 Å². The van der Waals surface area contributed by atoms with Crippen LogP contribution in [0.4, 0.5) is 4.79 Å². The van der Waals surface area contributed by atoms with Gasteiger partial charge in [-0.2, -0.15) is 5.26 Å². The molecule has 4 atom stereocenters. The average molecular weight is 501 g/mol. The molecule has 3 aliphatic rings. The zero-order chi connectivity index (χ0) is 25.8. The Labute approximate surface area is 212 Å². The standard InChI is InChI=1S/C25H36BN3O5S/c1-23(2,3)32-22(31)29-17-9-8-15(12-17)20(29)21(30)28-16(14-27)13-18-10-11-19(35-18)26-33-24(4,5)25(6,7)34-26/h10-11,15-17,20H,8-9,12-13H2,1-7H3,(H,28,30)/t15-,16-,17+,20-/m0/s1. The molecule has 0 spiro atoms. The first-order chi connectivity index (χ1) is 16.2. The molecule has 0 aromatic carbocycles. The quantitative estimate of drug-likeness (QED) is 0.621. The fourth-order valence-corrected chi connectivity index (χ4v) is 6.10. The van der Waals surface area contributed by atoms with Gasteiger partial charge in [-0.3, -0.25) is 9.69 Å². The van der Waals surface area contributed by atoms with Crippen molar-refractivity contribution in [3.63, 3.8) is 0 Å². The van der Waals surface area contributed by atoms with Crippen molar-refractivity contribution < 1.29 is 23.6 Å². The van der Waals surface area contributed by atoms with Gasteiger partial charge in [-0.05, 0) is 79.7 Å². The fraction of sp³-hybridized carbons (Fsp3) is 0.720. The molecule has 3 heterocycles. The van der Waals surface area contributed by atoms with Crippen LogP contribution in [0, 0.1) is 17.2 Å². The number of ether oxygens (including phenoxy) is 1. The highest BCUT2D eigenvalue weighted by Gasteiger charge is 2.53. The second kappa shape index (κ2) is 9.09. The van der Waals surface area contributed by atoms with Crippen molar-refractivity contribution in [2.75, 3.05) is 0 Å². The van der Waals surface area contributed by atoms with Crippen LogP contribution in [-0.2, 0) is 25.3 Å². The van der Waals surface area contributed by atoms with E-state index in [4.69, 9.17) is 14.0 Å². The maximum Gasteiger partial charge on any atom is 0.505 e. The average Bonchev–Trinajstić information content (AvgIpc) is 3.49. The van der Waals surface area contributed by atoms with Crippen LogP contribution in [0.15, 0.2) is 12.1 Å². The molecule has 3 fully saturated rings. The van der Waals surface area contributed by atoms with E-state index < -0.39 is 42.1 Å². The first-order valence-electron chi connectivity index (χ1n) is 12.4. The number of thiophene rings is 1. The summed E-state index contributed by atoms with van der Waals surface area (Å²) in [7, 11) is -0.453. The SMILES string of the molecule is CC(C)(C)OC(=O)N1[C@@H]2CC[C@@H](C2)[C@H]1C(=O)N[C@H](C#N)Cc1ccc(B2OC(C)(C)C(C)(C)O2)s1. The number of amides is 2. The molecular formula is C25H36BN3O5S. The van der Waals surface area contributed by atoms with Gasteiger partial charge < -0.3 is 19.4 Å². The Morgan fingerprint density at radius 2 is 1.91 bits per heavy atom. The van der Waals surface area contributed by atoms with Crippen LogP contribution >= 0.6 is 11.3 Å². The van der Waals surface area contributed by atoms with Gasteiger partial charge in [0.25, 0.3) is 0 Å². The minimum Gasteiger partial charge on any atom is -0.444 e. The van der Waals surface area contributed by atoms with E-state index in [0.717, 1.165) is 28.9 Å². The van der Waals surface area contributed by atoms with E-state index in [2.05, 4.69) is 11.4 Å². The molecule has 1 aromatic heterocycles. The molecule has 1 aliphatic carbocycles. The van der Waals surface area contributed by atoms with Gasteiger partial charge in [-0.15, -0.1) is 11.3 Å². The summed E-state index contributed by atoms with van der Waals surface area (Å²) in [5.74, 6) is -0.180. The van der Waals surface area contributed by atoms with Gasteiger partial charge in [0.2, 0.25) is 5.91 Å². The lowest BCUT2D eigenvalue weighted by Crippen LogP contribution is -2.55. The number of nitriles is 1. The predicted molar refractivity (Wildman–Crippen MR) is 134 cm³/mol. The fourth-order valence-electron chi connectivity index (χ4n) is 5.08. The molecule has 2 bridgehead atoms. The first kappa shape index (κ1) is 26.0. The highest BCUT2D eigenvalue weighted by molar-refractivity contribution is 7.22. The Morgan fingerprint density at radius 1 is 1.26 bits per heavy atom. The molecule has 8 nitrogen and oxygen atoms in total. The van der Waals surface area contributed by atoms with E-state index in [0.29, 0.717) is 6.42 Å². The highest BCUT2D eigenvalue weighted by atomic mass is 32.1. The summed E-state index contributed by atoms with van der Waals surface area (Å²) in [5, 5.41) is 12.7. The Bertz CT molecular complexity index is 1010. The Hall–Kier alpha value is -2.09. The second-order valence-corrected chi connectivity index (χ2v) is 13.0. The van der Waals surface area contributed by atoms with E-state index in [1.165, 1.54) is 11.3 Å². The number of piperidine rings is 1. The van der Waals surface area contributed by atoms with E-state index in [1.807, 2.05) is 60.6 Å². The lowest BCUT2D eigenvalue weighted by Gasteiger charge is -2.35. The summed E-state index contributed by atoms with van der Waals surface area (Å²) in [6.07, 6.45) is 2.51. The number of nitrogens with zero attached hydrogens (tertiary/aromatic N) is 2. The summed E-state index contributed by atoms with van der Waals surface area (Å²) in [5.41, 5.74) is -1.49. The van der Waals surface area contributed by atoms with Crippen molar-refractivity contribution in [3.05, 3.63) is 17.0 Å². The minimum atomic E-state index is -0.702. The normalized spacial score (nSPS) is 27.5. The molecule has 1 N–H and O–H groups in total. The van der Waals surface area contributed by atoms with Crippen LogP contribution in [-0.4, -0.2) is 58.9 Å². The smallest absolute Gasteiger partial charge is 0.444 e. The molecule has 2 saturated heterocycles. The van der Waals surface area contributed by atoms with Crippen molar-refractivity contribution >= 4 is 35.2 Å². The molecule has 35 heavy (non-hydrogen) atoms. The van der Waals surface area contributed by atoms with Crippen LogP contribution in [0.2, 0.25) is 0 Å². The number of hydrogen-bond acceptors (Lipinski definition) is 7. The Balaban J connectivity index is 1.41. The van der Waals surface area contributed by atoms with Gasteiger partial charge >= 0.3 is 13.2 Å². The summed E-state index contributed by atoms with van der Waals surface area (Å²) >= 11 is 1.52. The molecule has 2 amide bonds. The van der Waals surface area contributed by atoms with Crippen molar-refractivity contribution in [1.29, 1.82) is 5.26 Å².